The van der Waals surface area contributed by atoms with Crippen LogP contribution in [0.25, 0.3) is 0 Å². The molecule has 0 aromatic heterocycles. The molecule has 0 spiro atoms. The molecule has 1 heterocycles. The van der Waals surface area contributed by atoms with E-state index < -0.39 is 5.92 Å². The lowest BCUT2D eigenvalue weighted by molar-refractivity contribution is -0.149. The number of rotatable bonds is 6. The average molecular weight is 348 g/mol. The summed E-state index contributed by atoms with van der Waals surface area (Å²) in [6.07, 6.45) is 0. The molecule has 0 aliphatic carbocycles. The van der Waals surface area contributed by atoms with Gasteiger partial charge in [0.2, 0.25) is 0 Å². The number of hydrogen-bond donors (Lipinski definition) is 2. The molecule has 1 aromatic carbocycles. The summed E-state index contributed by atoms with van der Waals surface area (Å²) in [5.41, 5.74) is 2.76. The lowest BCUT2D eigenvalue weighted by Gasteiger charge is -2.35. The summed E-state index contributed by atoms with van der Waals surface area (Å²) in [6, 6.07) is 7.88. The highest BCUT2D eigenvalue weighted by Crippen LogP contribution is 2.31. The smallest absolute Gasteiger partial charge is 0.317 e. The summed E-state index contributed by atoms with van der Waals surface area (Å²) >= 11 is 5.22. The molecule has 1 aliphatic rings. The number of nitrogens with one attached hydrogen (secondary N) is 2. The molecule has 0 saturated carbocycles. The summed E-state index contributed by atoms with van der Waals surface area (Å²) < 4.78 is 10.2. The Balaban J connectivity index is 2.23. The monoisotopic (exact) mass is 348 g/mol. The van der Waals surface area contributed by atoms with Gasteiger partial charge in [-0.2, -0.15) is 0 Å². The molecule has 24 heavy (non-hydrogen) atoms. The van der Waals surface area contributed by atoms with Crippen LogP contribution in [0.3, 0.4) is 0 Å². The molecule has 5 nitrogen and oxygen atoms in total. The Kier molecular flexibility index (Phi) is 6.34. The van der Waals surface area contributed by atoms with E-state index in [1.54, 1.807) is 7.11 Å². The molecule has 1 aromatic rings. The number of hydrogen-bond acceptors (Lipinski definition) is 4. The Morgan fingerprint density at radius 3 is 2.54 bits per heavy atom. The van der Waals surface area contributed by atoms with E-state index in [1.807, 2.05) is 12.1 Å². The summed E-state index contributed by atoms with van der Waals surface area (Å²) in [6.45, 7) is 8.80. The second kappa shape index (κ2) is 8.26. The fourth-order valence-corrected chi connectivity index (χ4v) is 2.90. The Morgan fingerprint density at radius 1 is 1.29 bits per heavy atom. The number of thiocarbonyl (C=S) groups is 1. The van der Waals surface area contributed by atoms with E-state index in [4.69, 9.17) is 21.7 Å². The summed E-state index contributed by atoms with van der Waals surface area (Å²) in [5.74, 6) is -0.457. The highest BCUT2D eigenvalue weighted by Gasteiger charge is 2.37. The second-order valence-corrected chi connectivity index (χ2v) is 6.47. The van der Waals surface area contributed by atoms with E-state index in [-0.39, 0.29) is 18.6 Å². The highest BCUT2D eigenvalue weighted by molar-refractivity contribution is 7.80. The van der Waals surface area contributed by atoms with Crippen LogP contribution < -0.4 is 10.6 Å². The van der Waals surface area contributed by atoms with Crippen LogP contribution in [-0.4, -0.2) is 31.4 Å². The fourth-order valence-electron chi connectivity index (χ4n) is 2.64. The molecule has 0 amide bonds. The number of methoxy groups -OCH3 is 1. The zero-order valence-electron chi connectivity index (χ0n) is 14.3. The first-order valence-electron chi connectivity index (χ1n) is 7.95. The maximum absolute atomic E-state index is 12.5. The van der Waals surface area contributed by atoms with Crippen LogP contribution in [0.15, 0.2) is 36.5 Å². The van der Waals surface area contributed by atoms with Crippen LogP contribution in [0.2, 0.25) is 0 Å². The quantitative estimate of drug-likeness (QED) is 0.468. The minimum Gasteiger partial charge on any atom is -0.463 e. The number of carbonyl (C=O) groups is 1. The maximum atomic E-state index is 12.5. The number of carbonyl (C=O) groups excluding carboxylic acids is 1. The predicted octanol–water partition coefficient (Wildman–Crippen LogP) is 2.65. The van der Waals surface area contributed by atoms with Crippen LogP contribution in [0, 0.1) is 5.92 Å². The largest absolute Gasteiger partial charge is 0.463 e. The molecule has 0 radical (unpaired) electrons. The molecule has 2 rings (SSSR count). The lowest BCUT2D eigenvalue weighted by Crippen LogP contribution is -2.51. The lowest BCUT2D eigenvalue weighted by atomic mass is 9.88. The molecule has 1 saturated heterocycles. The molecule has 0 unspecified atom stereocenters. The van der Waals surface area contributed by atoms with Crippen molar-refractivity contribution < 1.29 is 14.3 Å². The van der Waals surface area contributed by atoms with Crippen LogP contribution in [0.5, 0.6) is 0 Å². The van der Waals surface area contributed by atoms with Crippen molar-refractivity contribution in [2.45, 2.75) is 25.8 Å². The van der Waals surface area contributed by atoms with Gasteiger partial charge < -0.3 is 20.1 Å². The van der Waals surface area contributed by atoms with Crippen LogP contribution in [0.4, 0.5) is 0 Å². The molecule has 2 atom stereocenters. The van der Waals surface area contributed by atoms with Crippen LogP contribution in [-0.2, 0) is 14.3 Å². The van der Waals surface area contributed by atoms with Gasteiger partial charge in [-0.05, 0) is 29.3 Å². The Bertz CT molecular complexity index is 613. The van der Waals surface area contributed by atoms with Crippen molar-refractivity contribution in [1.82, 2.24) is 10.6 Å². The molecular formula is C18H24N2O3S. The van der Waals surface area contributed by atoms with Gasteiger partial charge in [-0.25, -0.2) is 0 Å². The van der Waals surface area contributed by atoms with E-state index >= 15 is 0 Å². The standard InChI is InChI=1S/C18H24N2O3S/c1-11(2)13-5-7-14(8-6-13)16-15(12(3)19-18(24)20-16)17(21)23-10-9-22-4/h5-8,11,15-16H,3,9-10H2,1-2,4H3,(H2,19,20,24)/t15-,16+/m0/s1. The number of esters is 1. The van der Waals surface area contributed by atoms with Crippen LogP contribution in [0.1, 0.15) is 36.9 Å². The topological polar surface area (TPSA) is 59.6 Å². The molecule has 1 aliphatic heterocycles. The normalized spacial score (nSPS) is 20.5. The minimum atomic E-state index is -0.557. The van der Waals surface area contributed by atoms with Gasteiger partial charge in [-0.15, -0.1) is 0 Å². The van der Waals surface area contributed by atoms with Gasteiger partial charge in [0.05, 0.1) is 12.6 Å². The van der Waals surface area contributed by atoms with Crippen molar-refractivity contribution >= 4 is 23.3 Å². The summed E-state index contributed by atoms with van der Waals surface area (Å²) in [7, 11) is 1.56. The molecule has 6 heteroatoms. The third kappa shape index (κ3) is 4.33. The molecule has 2 N–H and O–H groups in total. The van der Waals surface area contributed by atoms with Gasteiger partial charge in [-0.3, -0.25) is 4.79 Å². The third-order valence-corrected chi connectivity index (χ3v) is 4.24. The molecule has 1 fully saturated rings. The second-order valence-electron chi connectivity index (χ2n) is 6.06. The van der Waals surface area contributed by atoms with Gasteiger partial charge >= 0.3 is 5.97 Å². The summed E-state index contributed by atoms with van der Waals surface area (Å²) in [5, 5.41) is 6.54. The van der Waals surface area contributed by atoms with Gasteiger partial charge in [-0.1, -0.05) is 44.7 Å². The first kappa shape index (κ1) is 18.4. The van der Waals surface area contributed by atoms with Crippen molar-refractivity contribution in [3.05, 3.63) is 47.7 Å². The van der Waals surface area contributed by atoms with E-state index in [9.17, 15) is 4.79 Å². The first-order valence-corrected chi connectivity index (χ1v) is 8.36. The number of benzene rings is 1. The highest BCUT2D eigenvalue weighted by atomic mass is 32.1. The van der Waals surface area contributed by atoms with E-state index in [0.29, 0.717) is 23.3 Å². The van der Waals surface area contributed by atoms with Crippen molar-refractivity contribution in [3.63, 3.8) is 0 Å². The third-order valence-electron chi connectivity index (χ3n) is 4.02. The van der Waals surface area contributed by atoms with Crippen molar-refractivity contribution in [3.8, 4) is 0 Å². The number of ether oxygens (including phenoxy) is 2. The van der Waals surface area contributed by atoms with Crippen molar-refractivity contribution in [2.75, 3.05) is 20.3 Å². The van der Waals surface area contributed by atoms with E-state index in [2.05, 4.69) is 43.2 Å². The van der Waals surface area contributed by atoms with Gasteiger partial charge in [0.1, 0.15) is 12.5 Å². The predicted molar refractivity (Wildman–Crippen MR) is 97.6 cm³/mol. The average Bonchev–Trinajstić information content (AvgIpc) is 2.54. The van der Waals surface area contributed by atoms with Gasteiger partial charge in [0, 0.05) is 12.8 Å². The SMILES string of the molecule is C=C1NC(=S)N[C@H](c2ccc(C(C)C)cc2)[C@H]1C(=O)OCCOC. The minimum absolute atomic E-state index is 0.211. The fraction of sp³-hybridized carbons (Fsp3) is 0.444. The van der Waals surface area contributed by atoms with Crippen molar-refractivity contribution in [1.29, 1.82) is 0 Å². The Labute approximate surface area is 148 Å². The molecular weight excluding hydrogens is 324 g/mol. The summed E-state index contributed by atoms with van der Waals surface area (Å²) in [4.78, 5) is 12.5. The van der Waals surface area contributed by atoms with Gasteiger partial charge in [0.25, 0.3) is 0 Å². The molecule has 130 valence electrons. The Hall–Kier alpha value is -1.92. The zero-order valence-corrected chi connectivity index (χ0v) is 15.1. The van der Waals surface area contributed by atoms with Gasteiger partial charge in [0.15, 0.2) is 5.11 Å². The van der Waals surface area contributed by atoms with E-state index in [0.717, 1.165) is 5.56 Å². The molecule has 0 bridgehead atoms. The van der Waals surface area contributed by atoms with E-state index in [1.165, 1.54) is 5.56 Å². The Morgan fingerprint density at radius 2 is 1.96 bits per heavy atom. The van der Waals surface area contributed by atoms with Crippen LogP contribution >= 0.6 is 12.2 Å². The van der Waals surface area contributed by atoms with Crippen molar-refractivity contribution in [2.24, 2.45) is 5.92 Å². The zero-order chi connectivity index (χ0) is 17.7. The maximum Gasteiger partial charge on any atom is 0.317 e. The first-order chi connectivity index (χ1) is 11.4.